The monoisotopic (exact) mass is 394 g/mol. The van der Waals surface area contributed by atoms with E-state index in [1.165, 1.54) is 6.07 Å². The molecule has 0 unspecified atom stereocenters. The minimum absolute atomic E-state index is 0.0336. The van der Waals surface area contributed by atoms with Crippen LogP contribution in [0.15, 0.2) is 54.0 Å². The lowest BCUT2D eigenvalue weighted by Gasteiger charge is -2.17. The summed E-state index contributed by atoms with van der Waals surface area (Å²) in [5.41, 5.74) is 2.40. The van der Waals surface area contributed by atoms with Crippen LogP contribution in [0.4, 0.5) is 17.1 Å². The van der Waals surface area contributed by atoms with Gasteiger partial charge < -0.3 is 10.2 Å². The van der Waals surface area contributed by atoms with Crippen molar-refractivity contribution in [2.45, 2.75) is 12.8 Å². The van der Waals surface area contributed by atoms with Crippen LogP contribution in [-0.4, -0.2) is 28.9 Å². The molecule has 2 heterocycles. The Morgan fingerprint density at radius 2 is 1.89 bits per heavy atom. The maximum absolute atomic E-state index is 12.6. The van der Waals surface area contributed by atoms with Crippen LogP contribution in [0, 0.1) is 10.1 Å². The van der Waals surface area contributed by atoms with Gasteiger partial charge in [-0.05, 0) is 49.2 Å². The number of carbonyl (C=O) groups excluding carboxylic acids is 1. The van der Waals surface area contributed by atoms with E-state index in [2.05, 4.69) is 10.3 Å². The maximum atomic E-state index is 12.6. The van der Waals surface area contributed by atoms with Crippen molar-refractivity contribution in [2.24, 2.45) is 0 Å². The van der Waals surface area contributed by atoms with Crippen molar-refractivity contribution >= 4 is 34.3 Å². The standard InChI is InChI=1S/C20H18N4O3S/c25-19(22-16-6-3-14(4-7-16)20-21-9-12-28-20)15-5-8-17(18(13-15)24(26)27)23-10-1-2-11-23/h3-9,12-13H,1-2,10-11H2,(H,22,25). The van der Waals surface area contributed by atoms with E-state index in [-0.39, 0.29) is 17.2 Å². The Hall–Kier alpha value is -3.26. The Morgan fingerprint density at radius 1 is 1.14 bits per heavy atom. The number of anilines is 2. The third kappa shape index (κ3) is 3.72. The van der Waals surface area contributed by atoms with Crippen molar-refractivity contribution in [1.82, 2.24) is 4.98 Å². The number of hydrogen-bond donors (Lipinski definition) is 1. The van der Waals surface area contributed by atoms with Crippen molar-refractivity contribution in [2.75, 3.05) is 23.3 Å². The minimum Gasteiger partial charge on any atom is -0.366 e. The minimum atomic E-state index is -0.423. The zero-order chi connectivity index (χ0) is 19.5. The molecule has 1 aliphatic rings. The SMILES string of the molecule is O=C(Nc1ccc(-c2nccs2)cc1)c1ccc(N2CCCC2)c([N+](=O)[O-])c1. The number of amides is 1. The lowest BCUT2D eigenvalue weighted by Crippen LogP contribution is -2.19. The summed E-state index contributed by atoms with van der Waals surface area (Å²) in [5, 5.41) is 17.1. The second-order valence-electron chi connectivity index (χ2n) is 6.52. The molecule has 0 aliphatic carbocycles. The highest BCUT2D eigenvalue weighted by Gasteiger charge is 2.23. The molecule has 1 aliphatic heterocycles. The number of nitrogens with zero attached hydrogens (tertiary/aromatic N) is 3. The molecule has 28 heavy (non-hydrogen) atoms. The molecule has 3 aromatic rings. The van der Waals surface area contributed by atoms with Crippen LogP contribution in [-0.2, 0) is 0 Å². The van der Waals surface area contributed by atoms with Crippen LogP contribution >= 0.6 is 11.3 Å². The third-order valence-corrected chi connectivity index (χ3v) is 5.53. The quantitative estimate of drug-likeness (QED) is 0.506. The first-order chi connectivity index (χ1) is 13.6. The molecule has 2 aromatic carbocycles. The van der Waals surface area contributed by atoms with Gasteiger partial charge in [-0.3, -0.25) is 14.9 Å². The van der Waals surface area contributed by atoms with Crippen LogP contribution in [0.5, 0.6) is 0 Å². The highest BCUT2D eigenvalue weighted by atomic mass is 32.1. The molecule has 4 rings (SSSR count). The fraction of sp³-hybridized carbons (Fsp3) is 0.200. The van der Waals surface area contributed by atoms with Gasteiger partial charge in [-0.15, -0.1) is 11.3 Å². The number of carbonyl (C=O) groups is 1. The van der Waals surface area contributed by atoms with E-state index in [1.54, 1.807) is 41.8 Å². The first kappa shape index (κ1) is 18.1. The average molecular weight is 394 g/mol. The van der Waals surface area contributed by atoms with Gasteiger partial charge >= 0.3 is 0 Å². The van der Waals surface area contributed by atoms with Crippen LogP contribution in [0.3, 0.4) is 0 Å². The van der Waals surface area contributed by atoms with E-state index in [4.69, 9.17) is 0 Å². The smallest absolute Gasteiger partial charge is 0.293 e. The first-order valence-electron chi connectivity index (χ1n) is 8.96. The molecule has 0 bridgehead atoms. The van der Waals surface area contributed by atoms with Gasteiger partial charge in [0.2, 0.25) is 0 Å². The molecule has 7 nitrogen and oxygen atoms in total. The molecule has 1 saturated heterocycles. The van der Waals surface area contributed by atoms with Gasteiger partial charge in [0.15, 0.2) is 0 Å². The lowest BCUT2D eigenvalue weighted by molar-refractivity contribution is -0.384. The van der Waals surface area contributed by atoms with Crippen molar-refractivity contribution in [3.05, 3.63) is 69.7 Å². The fourth-order valence-corrected chi connectivity index (χ4v) is 3.95. The Balaban J connectivity index is 1.53. The topological polar surface area (TPSA) is 88.4 Å². The molecular formula is C20H18N4O3S. The van der Waals surface area contributed by atoms with Gasteiger partial charge in [0, 0.05) is 47.5 Å². The van der Waals surface area contributed by atoms with Crippen molar-refractivity contribution in [3.8, 4) is 10.6 Å². The second-order valence-corrected chi connectivity index (χ2v) is 7.42. The molecule has 1 aromatic heterocycles. The van der Waals surface area contributed by atoms with Crippen LogP contribution < -0.4 is 10.2 Å². The fourth-order valence-electron chi connectivity index (χ4n) is 3.30. The molecule has 1 N–H and O–H groups in total. The Bertz CT molecular complexity index is 997. The average Bonchev–Trinajstić information content (AvgIpc) is 3.42. The zero-order valence-corrected chi connectivity index (χ0v) is 15.8. The summed E-state index contributed by atoms with van der Waals surface area (Å²) in [5.74, 6) is -0.377. The predicted octanol–water partition coefficient (Wildman–Crippen LogP) is 4.57. The summed E-state index contributed by atoms with van der Waals surface area (Å²) in [6.45, 7) is 1.61. The molecule has 1 amide bonds. The number of nitro groups is 1. The molecule has 1 fully saturated rings. The Morgan fingerprint density at radius 3 is 2.54 bits per heavy atom. The summed E-state index contributed by atoms with van der Waals surface area (Å²) in [4.78, 5) is 29.9. The summed E-state index contributed by atoms with van der Waals surface area (Å²) in [6.07, 6.45) is 3.79. The number of aromatic nitrogens is 1. The number of hydrogen-bond acceptors (Lipinski definition) is 6. The number of nitrogens with one attached hydrogen (secondary N) is 1. The van der Waals surface area contributed by atoms with Crippen molar-refractivity contribution in [1.29, 1.82) is 0 Å². The number of benzene rings is 2. The van der Waals surface area contributed by atoms with E-state index in [1.807, 2.05) is 22.4 Å². The number of thiazole rings is 1. The molecule has 0 saturated carbocycles. The van der Waals surface area contributed by atoms with E-state index in [9.17, 15) is 14.9 Å². The molecule has 0 atom stereocenters. The lowest BCUT2D eigenvalue weighted by atomic mass is 10.1. The van der Waals surface area contributed by atoms with E-state index < -0.39 is 4.92 Å². The molecule has 0 radical (unpaired) electrons. The van der Waals surface area contributed by atoms with Crippen molar-refractivity contribution in [3.63, 3.8) is 0 Å². The summed E-state index contributed by atoms with van der Waals surface area (Å²) in [6, 6.07) is 12.0. The highest BCUT2D eigenvalue weighted by molar-refractivity contribution is 7.13. The van der Waals surface area contributed by atoms with Crippen LogP contribution in [0.1, 0.15) is 23.2 Å². The summed E-state index contributed by atoms with van der Waals surface area (Å²) >= 11 is 1.54. The maximum Gasteiger partial charge on any atom is 0.293 e. The van der Waals surface area contributed by atoms with E-state index in [0.29, 0.717) is 11.4 Å². The Kier molecular flexibility index (Phi) is 5.03. The highest BCUT2D eigenvalue weighted by Crippen LogP contribution is 2.32. The van der Waals surface area contributed by atoms with Gasteiger partial charge in [-0.2, -0.15) is 0 Å². The molecular weight excluding hydrogens is 376 g/mol. The number of nitro benzene ring substituents is 1. The predicted molar refractivity (Wildman–Crippen MR) is 110 cm³/mol. The number of rotatable bonds is 5. The van der Waals surface area contributed by atoms with Crippen molar-refractivity contribution < 1.29 is 9.72 Å². The van der Waals surface area contributed by atoms with Gasteiger partial charge in [0.05, 0.1) is 4.92 Å². The normalized spacial score (nSPS) is 13.5. The molecule has 8 heteroatoms. The van der Waals surface area contributed by atoms with Gasteiger partial charge in [0.25, 0.3) is 11.6 Å². The van der Waals surface area contributed by atoms with E-state index >= 15 is 0 Å². The van der Waals surface area contributed by atoms with Gasteiger partial charge in [-0.1, -0.05) is 0 Å². The van der Waals surface area contributed by atoms with E-state index in [0.717, 1.165) is 36.5 Å². The van der Waals surface area contributed by atoms with Crippen LogP contribution in [0.25, 0.3) is 10.6 Å². The third-order valence-electron chi connectivity index (χ3n) is 4.70. The summed E-state index contributed by atoms with van der Waals surface area (Å²) in [7, 11) is 0. The molecule has 142 valence electrons. The Labute approximate surface area is 165 Å². The molecule has 0 spiro atoms. The van der Waals surface area contributed by atoms with Gasteiger partial charge in [-0.25, -0.2) is 4.98 Å². The largest absolute Gasteiger partial charge is 0.366 e. The first-order valence-corrected chi connectivity index (χ1v) is 9.84. The second kappa shape index (κ2) is 7.77. The zero-order valence-electron chi connectivity index (χ0n) is 15.0. The van der Waals surface area contributed by atoms with Crippen LogP contribution in [0.2, 0.25) is 0 Å². The van der Waals surface area contributed by atoms with Gasteiger partial charge in [0.1, 0.15) is 10.7 Å². The summed E-state index contributed by atoms with van der Waals surface area (Å²) < 4.78 is 0.